The van der Waals surface area contributed by atoms with Crippen molar-refractivity contribution in [2.75, 3.05) is 13.7 Å². The molecular formula is C15H21N5O2. The lowest BCUT2D eigenvalue weighted by atomic mass is 10.1. The van der Waals surface area contributed by atoms with Crippen LogP contribution in [0.1, 0.15) is 40.0 Å². The summed E-state index contributed by atoms with van der Waals surface area (Å²) in [6.45, 7) is 4.45. The van der Waals surface area contributed by atoms with Gasteiger partial charge in [-0.3, -0.25) is 4.79 Å². The van der Waals surface area contributed by atoms with Crippen molar-refractivity contribution in [1.29, 1.82) is 0 Å². The SMILES string of the molecule is CO[C@@H]1C[C@@H](c2nncn2C)N(C(=O)c2[nH]c(C)cc2C)C1. The van der Waals surface area contributed by atoms with Gasteiger partial charge in [0.1, 0.15) is 12.0 Å². The number of rotatable bonds is 3. The molecule has 2 aromatic rings. The number of carbonyl (C=O) groups is 1. The van der Waals surface area contributed by atoms with E-state index >= 15 is 0 Å². The maximum atomic E-state index is 12.9. The standard InChI is InChI=1S/C15H21N5O2/c1-9-5-10(2)17-13(9)15(21)20-7-11(22-4)6-12(20)14-18-16-8-19(14)3/h5,8,11-12,17H,6-7H2,1-4H3/t11-,12+/m1/s1. The molecule has 0 bridgehead atoms. The molecule has 0 aromatic carbocycles. The first kappa shape index (κ1) is 14.8. The van der Waals surface area contributed by atoms with E-state index in [2.05, 4.69) is 15.2 Å². The zero-order chi connectivity index (χ0) is 15.9. The lowest BCUT2D eigenvalue weighted by molar-refractivity contribution is 0.0677. The molecule has 3 heterocycles. The van der Waals surface area contributed by atoms with Gasteiger partial charge in [-0.25, -0.2) is 0 Å². The van der Waals surface area contributed by atoms with Crippen molar-refractivity contribution in [3.05, 3.63) is 35.2 Å². The number of ether oxygens (including phenoxy) is 1. The molecule has 3 rings (SSSR count). The Kier molecular flexibility index (Phi) is 3.74. The molecular weight excluding hydrogens is 282 g/mol. The summed E-state index contributed by atoms with van der Waals surface area (Å²) < 4.78 is 7.33. The molecule has 7 nitrogen and oxygen atoms in total. The fraction of sp³-hybridized carbons (Fsp3) is 0.533. The van der Waals surface area contributed by atoms with E-state index in [9.17, 15) is 4.79 Å². The van der Waals surface area contributed by atoms with Gasteiger partial charge < -0.3 is 19.2 Å². The van der Waals surface area contributed by atoms with Crippen LogP contribution < -0.4 is 0 Å². The van der Waals surface area contributed by atoms with E-state index < -0.39 is 0 Å². The van der Waals surface area contributed by atoms with Gasteiger partial charge in [0.15, 0.2) is 5.82 Å². The van der Waals surface area contributed by atoms with E-state index in [4.69, 9.17) is 4.74 Å². The molecule has 1 saturated heterocycles. The van der Waals surface area contributed by atoms with Crippen molar-refractivity contribution < 1.29 is 9.53 Å². The molecule has 0 spiro atoms. The number of amides is 1. The minimum Gasteiger partial charge on any atom is -0.380 e. The Morgan fingerprint density at radius 3 is 2.77 bits per heavy atom. The van der Waals surface area contributed by atoms with Crippen LogP contribution in [0.5, 0.6) is 0 Å². The molecule has 1 fully saturated rings. The van der Waals surface area contributed by atoms with Crippen molar-refractivity contribution in [2.45, 2.75) is 32.4 Å². The van der Waals surface area contributed by atoms with Crippen LogP contribution in [0.2, 0.25) is 0 Å². The Morgan fingerprint density at radius 2 is 2.23 bits per heavy atom. The predicted molar refractivity (Wildman–Crippen MR) is 80.5 cm³/mol. The van der Waals surface area contributed by atoms with Gasteiger partial charge in [-0.1, -0.05) is 0 Å². The van der Waals surface area contributed by atoms with Crippen LogP contribution in [0.15, 0.2) is 12.4 Å². The largest absolute Gasteiger partial charge is 0.380 e. The number of hydrogen-bond acceptors (Lipinski definition) is 4. The number of aromatic amines is 1. The van der Waals surface area contributed by atoms with Crippen molar-refractivity contribution in [1.82, 2.24) is 24.6 Å². The van der Waals surface area contributed by atoms with Crippen molar-refractivity contribution >= 4 is 5.91 Å². The molecule has 1 aliphatic heterocycles. The number of H-pyrrole nitrogens is 1. The first-order chi connectivity index (χ1) is 10.5. The maximum absolute atomic E-state index is 12.9. The summed E-state index contributed by atoms with van der Waals surface area (Å²) in [5, 5.41) is 8.11. The Morgan fingerprint density at radius 1 is 1.45 bits per heavy atom. The Bertz CT molecular complexity index is 690. The fourth-order valence-electron chi connectivity index (χ4n) is 3.13. The van der Waals surface area contributed by atoms with Crippen molar-refractivity contribution in [3.63, 3.8) is 0 Å². The van der Waals surface area contributed by atoms with Crippen LogP contribution in [-0.4, -0.2) is 50.3 Å². The fourth-order valence-corrected chi connectivity index (χ4v) is 3.13. The number of nitrogens with zero attached hydrogens (tertiary/aromatic N) is 4. The Hall–Kier alpha value is -2.15. The molecule has 0 saturated carbocycles. The third kappa shape index (κ3) is 2.41. The molecule has 2 atom stereocenters. The van der Waals surface area contributed by atoms with Gasteiger partial charge >= 0.3 is 0 Å². The van der Waals surface area contributed by atoms with E-state index in [1.165, 1.54) is 0 Å². The van der Waals surface area contributed by atoms with E-state index in [1.54, 1.807) is 13.4 Å². The number of hydrogen-bond donors (Lipinski definition) is 1. The van der Waals surface area contributed by atoms with E-state index in [-0.39, 0.29) is 18.1 Å². The number of aryl methyl sites for hydroxylation is 3. The van der Waals surface area contributed by atoms with Crippen LogP contribution in [0.25, 0.3) is 0 Å². The Labute approximate surface area is 129 Å². The summed E-state index contributed by atoms with van der Waals surface area (Å²) in [7, 11) is 3.57. The smallest absolute Gasteiger partial charge is 0.271 e. The summed E-state index contributed by atoms with van der Waals surface area (Å²) in [5.74, 6) is 0.770. The van der Waals surface area contributed by atoms with Gasteiger partial charge in [0.25, 0.3) is 5.91 Å². The predicted octanol–water partition coefficient (Wildman–Crippen LogP) is 1.36. The molecule has 7 heteroatoms. The molecule has 2 aromatic heterocycles. The van der Waals surface area contributed by atoms with Crippen molar-refractivity contribution in [3.8, 4) is 0 Å². The number of methoxy groups -OCH3 is 1. The topological polar surface area (TPSA) is 76.0 Å². The highest BCUT2D eigenvalue weighted by molar-refractivity contribution is 5.94. The lowest BCUT2D eigenvalue weighted by Crippen LogP contribution is -2.33. The minimum absolute atomic E-state index is 0.0156. The zero-order valence-corrected chi connectivity index (χ0v) is 13.3. The third-order valence-corrected chi connectivity index (χ3v) is 4.26. The van der Waals surface area contributed by atoms with Gasteiger partial charge in [-0.05, 0) is 25.5 Å². The van der Waals surface area contributed by atoms with Gasteiger partial charge in [-0.2, -0.15) is 0 Å². The second kappa shape index (κ2) is 5.57. The average Bonchev–Trinajstić information content (AvgIpc) is 3.16. The normalized spacial score (nSPS) is 21.5. The van der Waals surface area contributed by atoms with Gasteiger partial charge in [0, 0.05) is 32.8 Å². The molecule has 22 heavy (non-hydrogen) atoms. The van der Waals surface area contributed by atoms with Crippen LogP contribution in [0, 0.1) is 13.8 Å². The molecule has 1 N–H and O–H groups in total. The number of likely N-dealkylation sites (tertiary alicyclic amines) is 1. The lowest BCUT2D eigenvalue weighted by Gasteiger charge is -2.23. The first-order valence-electron chi connectivity index (χ1n) is 7.35. The van der Waals surface area contributed by atoms with Crippen LogP contribution in [-0.2, 0) is 11.8 Å². The number of nitrogens with one attached hydrogen (secondary N) is 1. The second-order valence-corrected chi connectivity index (χ2v) is 5.88. The van der Waals surface area contributed by atoms with E-state index in [1.807, 2.05) is 36.4 Å². The summed E-state index contributed by atoms with van der Waals surface area (Å²) in [4.78, 5) is 17.9. The van der Waals surface area contributed by atoms with E-state index in [0.717, 1.165) is 23.5 Å². The summed E-state index contributed by atoms with van der Waals surface area (Å²) in [5.41, 5.74) is 2.58. The van der Waals surface area contributed by atoms with Crippen LogP contribution in [0.4, 0.5) is 0 Å². The van der Waals surface area contributed by atoms with Crippen LogP contribution >= 0.6 is 0 Å². The zero-order valence-electron chi connectivity index (χ0n) is 13.3. The monoisotopic (exact) mass is 303 g/mol. The molecule has 1 aliphatic rings. The number of aromatic nitrogens is 4. The molecule has 0 aliphatic carbocycles. The highest BCUT2D eigenvalue weighted by atomic mass is 16.5. The Balaban J connectivity index is 1.94. The summed E-state index contributed by atoms with van der Waals surface area (Å²) in [6.07, 6.45) is 2.40. The molecule has 1 amide bonds. The number of carbonyl (C=O) groups excluding carboxylic acids is 1. The second-order valence-electron chi connectivity index (χ2n) is 5.88. The first-order valence-corrected chi connectivity index (χ1v) is 7.35. The van der Waals surface area contributed by atoms with Gasteiger partial charge in [0.2, 0.25) is 0 Å². The van der Waals surface area contributed by atoms with E-state index in [0.29, 0.717) is 12.2 Å². The highest BCUT2D eigenvalue weighted by Crippen LogP contribution is 2.33. The summed E-state index contributed by atoms with van der Waals surface area (Å²) in [6, 6.07) is 1.86. The maximum Gasteiger partial charge on any atom is 0.271 e. The third-order valence-electron chi connectivity index (χ3n) is 4.26. The quantitative estimate of drug-likeness (QED) is 0.929. The average molecular weight is 303 g/mol. The van der Waals surface area contributed by atoms with Crippen LogP contribution in [0.3, 0.4) is 0 Å². The molecule has 118 valence electrons. The molecule has 0 radical (unpaired) electrons. The minimum atomic E-state index is -0.118. The van der Waals surface area contributed by atoms with Crippen molar-refractivity contribution in [2.24, 2.45) is 7.05 Å². The van der Waals surface area contributed by atoms with Gasteiger partial charge in [0.05, 0.1) is 12.1 Å². The summed E-state index contributed by atoms with van der Waals surface area (Å²) >= 11 is 0. The van der Waals surface area contributed by atoms with Gasteiger partial charge in [-0.15, -0.1) is 10.2 Å². The highest BCUT2D eigenvalue weighted by Gasteiger charge is 2.39. The molecule has 0 unspecified atom stereocenters.